The van der Waals surface area contributed by atoms with Gasteiger partial charge < -0.3 is 9.47 Å². The van der Waals surface area contributed by atoms with E-state index in [0.29, 0.717) is 11.4 Å². The molecule has 3 amide bonds. The third-order valence-corrected chi connectivity index (χ3v) is 4.17. The van der Waals surface area contributed by atoms with Crippen LogP contribution in [0.25, 0.3) is 0 Å². The first-order chi connectivity index (χ1) is 12.4. The highest BCUT2D eigenvalue weighted by molar-refractivity contribution is 6.47. The van der Waals surface area contributed by atoms with Crippen molar-refractivity contribution in [3.8, 4) is 5.75 Å². The summed E-state index contributed by atoms with van der Waals surface area (Å²) in [6.07, 6.45) is 0. The Labute approximate surface area is 149 Å². The van der Waals surface area contributed by atoms with Crippen LogP contribution < -0.4 is 9.64 Å². The van der Waals surface area contributed by atoms with Crippen molar-refractivity contribution >= 4 is 35.1 Å². The van der Waals surface area contributed by atoms with Gasteiger partial charge in [0.1, 0.15) is 11.7 Å². The lowest BCUT2D eigenvalue weighted by Gasteiger charge is -2.19. The van der Waals surface area contributed by atoms with Gasteiger partial charge in [-0.2, -0.15) is 5.10 Å². The molecule has 0 radical (unpaired) electrons. The Morgan fingerprint density at radius 2 is 1.96 bits per heavy atom. The molecular formula is C17H17N3O6. The lowest BCUT2D eigenvalue weighted by atomic mass is 9.98. The first-order valence-electron chi connectivity index (χ1n) is 7.98. The number of nitrogens with zero attached hydrogens (tertiary/aromatic N) is 3. The monoisotopic (exact) mass is 359 g/mol. The van der Waals surface area contributed by atoms with Crippen LogP contribution in [0, 0.1) is 5.92 Å². The van der Waals surface area contributed by atoms with E-state index in [4.69, 9.17) is 9.47 Å². The second-order valence-electron chi connectivity index (χ2n) is 5.71. The van der Waals surface area contributed by atoms with Gasteiger partial charge in [0.05, 0.1) is 19.4 Å². The average Bonchev–Trinajstić information content (AvgIpc) is 3.13. The standard InChI is InChI=1S/C17H17N3O6/c1-4-26-17(24)13-12-14(20(18-13)9(2)21)16(23)19(15(12)22)10-6-5-7-11(8-10)25-3/h5-8,12,14H,4H2,1-3H3. The van der Waals surface area contributed by atoms with E-state index in [1.807, 2.05) is 0 Å². The number of ether oxygens (including phenoxy) is 2. The molecule has 1 aromatic carbocycles. The van der Waals surface area contributed by atoms with Crippen molar-refractivity contribution in [2.75, 3.05) is 18.6 Å². The van der Waals surface area contributed by atoms with E-state index in [9.17, 15) is 19.2 Å². The van der Waals surface area contributed by atoms with Gasteiger partial charge in [0.25, 0.3) is 5.91 Å². The van der Waals surface area contributed by atoms with E-state index in [-0.39, 0.29) is 12.3 Å². The number of imide groups is 1. The Kier molecular flexibility index (Phi) is 4.45. The van der Waals surface area contributed by atoms with Crippen molar-refractivity contribution in [1.82, 2.24) is 5.01 Å². The Balaban J connectivity index is 2.03. The number of hydrazone groups is 1. The summed E-state index contributed by atoms with van der Waals surface area (Å²) < 4.78 is 10.0. The molecule has 2 unspecified atom stereocenters. The zero-order valence-electron chi connectivity index (χ0n) is 14.5. The van der Waals surface area contributed by atoms with Gasteiger partial charge in [0, 0.05) is 13.0 Å². The Hall–Kier alpha value is -3.23. The number of rotatable bonds is 4. The number of esters is 1. The highest BCUT2D eigenvalue weighted by Crippen LogP contribution is 2.36. The first-order valence-corrected chi connectivity index (χ1v) is 7.98. The van der Waals surface area contributed by atoms with Crippen molar-refractivity contribution in [3.05, 3.63) is 24.3 Å². The molecule has 0 aromatic heterocycles. The molecule has 0 saturated carbocycles. The molecule has 2 aliphatic heterocycles. The molecular weight excluding hydrogens is 342 g/mol. The van der Waals surface area contributed by atoms with E-state index in [2.05, 4.69) is 5.10 Å². The molecule has 0 aliphatic carbocycles. The lowest BCUT2D eigenvalue weighted by molar-refractivity contribution is -0.136. The molecule has 1 saturated heterocycles. The lowest BCUT2D eigenvalue weighted by Crippen LogP contribution is -2.41. The first kappa shape index (κ1) is 17.6. The molecule has 0 N–H and O–H groups in total. The topological polar surface area (TPSA) is 106 Å². The second kappa shape index (κ2) is 6.58. The summed E-state index contributed by atoms with van der Waals surface area (Å²) in [6, 6.07) is 5.20. The number of anilines is 1. The van der Waals surface area contributed by atoms with E-state index in [1.54, 1.807) is 25.1 Å². The van der Waals surface area contributed by atoms with Gasteiger partial charge in [0.2, 0.25) is 11.8 Å². The number of amides is 3. The van der Waals surface area contributed by atoms with Crippen LogP contribution in [-0.2, 0) is 23.9 Å². The molecule has 0 bridgehead atoms. The molecule has 9 heteroatoms. The summed E-state index contributed by atoms with van der Waals surface area (Å²) in [5, 5.41) is 4.76. The Morgan fingerprint density at radius 1 is 1.23 bits per heavy atom. The van der Waals surface area contributed by atoms with E-state index in [0.717, 1.165) is 9.91 Å². The highest BCUT2D eigenvalue weighted by atomic mass is 16.5. The Bertz CT molecular complexity index is 834. The largest absolute Gasteiger partial charge is 0.497 e. The van der Waals surface area contributed by atoms with Crippen LogP contribution in [0.5, 0.6) is 5.75 Å². The predicted molar refractivity (Wildman–Crippen MR) is 89.4 cm³/mol. The quantitative estimate of drug-likeness (QED) is 0.567. The summed E-state index contributed by atoms with van der Waals surface area (Å²) in [7, 11) is 1.46. The van der Waals surface area contributed by atoms with Crippen LogP contribution >= 0.6 is 0 Å². The zero-order chi connectivity index (χ0) is 19.0. The number of benzene rings is 1. The fourth-order valence-electron chi connectivity index (χ4n) is 3.05. The fourth-order valence-corrected chi connectivity index (χ4v) is 3.05. The van der Waals surface area contributed by atoms with Gasteiger partial charge in [-0.25, -0.2) is 14.7 Å². The third-order valence-electron chi connectivity index (χ3n) is 4.17. The van der Waals surface area contributed by atoms with Gasteiger partial charge in [0.15, 0.2) is 11.8 Å². The second-order valence-corrected chi connectivity index (χ2v) is 5.71. The van der Waals surface area contributed by atoms with Crippen molar-refractivity contribution in [3.63, 3.8) is 0 Å². The number of carbonyl (C=O) groups excluding carboxylic acids is 4. The summed E-state index contributed by atoms with van der Waals surface area (Å²) in [5.41, 5.74) is 0.0521. The molecule has 2 aliphatic rings. The summed E-state index contributed by atoms with van der Waals surface area (Å²) >= 11 is 0. The smallest absolute Gasteiger partial charge is 0.355 e. The maximum absolute atomic E-state index is 12.9. The van der Waals surface area contributed by atoms with E-state index < -0.39 is 35.7 Å². The number of carbonyl (C=O) groups is 4. The van der Waals surface area contributed by atoms with Crippen LogP contribution in [-0.4, -0.2) is 54.2 Å². The minimum atomic E-state index is -1.19. The molecule has 3 rings (SSSR count). The van der Waals surface area contributed by atoms with Crippen molar-refractivity contribution < 1.29 is 28.7 Å². The average molecular weight is 359 g/mol. The molecule has 136 valence electrons. The number of hydrogen-bond acceptors (Lipinski definition) is 7. The van der Waals surface area contributed by atoms with Gasteiger partial charge in [-0.3, -0.25) is 14.4 Å². The van der Waals surface area contributed by atoms with E-state index >= 15 is 0 Å². The molecule has 2 heterocycles. The molecule has 0 spiro atoms. The van der Waals surface area contributed by atoms with E-state index in [1.165, 1.54) is 20.1 Å². The molecule has 2 atom stereocenters. The summed E-state index contributed by atoms with van der Waals surface area (Å²) in [4.78, 5) is 50.8. The third kappa shape index (κ3) is 2.61. The van der Waals surface area contributed by atoms with Crippen LogP contribution in [0.15, 0.2) is 29.4 Å². The molecule has 1 aromatic rings. The van der Waals surface area contributed by atoms with Gasteiger partial charge in [-0.1, -0.05) is 6.07 Å². The van der Waals surface area contributed by atoms with Gasteiger partial charge in [-0.05, 0) is 19.1 Å². The summed E-state index contributed by atoms with van der Waals surface area (Å²) in [5.74, 6) is -3.36. The summed E-state index contributed by atoms with van der Waals surface area (Å²) in [6.45, 7) is 2.90. The molecule has 1 fully saturated rings. The molecule has 9 nitrogen and oxygen atoms in total. The van der Waals surface area contributed by atoms with Crippen molar-refractivity contribution in [2.24, 2.45) is 11.0 Å². The minimum Gasteiger partial charge on any atom is -0.497 e. The van der Waals surface area contributed by atoms with Crippen molar-refractivity contribution in [1.29, 1.82) is 0 Å². The predicted octanol–water partition coefficient (Wildman–Crippen LogP) is 0.334. The maximum Gasteiger partial charge on any atom is 0.355 e. The number of methoxy groups -OCH3 is 1. The van der Waals surface area contributed by atoms with Crippen LogP contribution in [0.3, 0.4) is 0 Å². The SMILES string of the molecule is CCOC(=O)C1=NN(C(C)=O)C2C(=O)N(c3cccc(OC)c3)C(=O)C12. The normalized spacial score (nSPS) is 21.6. The number of fused-ring (bicyclic) bond motifs is 1. The number of hydrogen-bond donors (Lipinski definition) is 0. The maximum atomic E-state index is 12.9. The van der Waals surface area contributed by atoms with Gasteiger partial charge >= 0.3 is 5.97 Å². The van der Waals surface area contributed by atoms with Crippen LogP contribution in [0.4, 0.5) is 5.69 Å². The van der Waals surface area contributed by atoms with Crippen LogP contribution in [0.2, 0.25) is 0 Å². The van der Waals surface area contributed by atoms with Gasteiger partial charge in [-0.15, -0.1) is 0 Å². The fraction of sp³-hybridized carbons (Fsp3) is 0.353. The van der Waals surface area contributed by atoms with Crippen LogP contribution in [0.1, 0.15) is 13.8 Å². The minimum absolute atomic E-state index is 0.0804. The molecule has 26 heavy (non-hydrogen) atoms. The zero-order valence-corrected chi connectivity index (χ0v) is 14.5. The van der Waals surface area contributed by atoms with Crippen molar-refractivity contribution in [2.45, 2.75) is 19.9 Å². The Morgan fingerprint density at radius 3 is 2.58 bits per heavy atom. The highest BCUT2D eigenvalue weighted by Gasteiger charge is 2.59.